The lowest BCUT2D eigenvalue weighted by Gasteiger charge is -2.15. The van der Waals surface area contributed by atoms with Crippen molar-refractivity contribution in [2.24, 2.45) is 5.73 Å². The largest absolute Gasteiger partial charge is 0.496 e. The van der Waals surface area contributed by atoms with Gasteiger partial charge in [0.05, 0.1) is 12.6 Å². The Bertz CT molecular complexity index is 401. The zero-order chi connectivity index (χ0) is 10.8. The van der Waals surface area contributed by atoms with Gasteiger partial charge in [-0.3, -0.25) is 0 Å². The van der Waals surface area contributed by atoms with Gasteiger partial charge in [0, 0.05) is 10.9 Å². The summed E-state index contributed by atoms with van der Waals surface area (Å²) < 4.78 is 6.52. The Morgan fingerprint density at radius 1 is 1.47 bits per heavy atom. The van der Waals surface area contributed by atoms with E-state index in [-0.39, 0.29) is 6.04 Å². The highest BCUT2D eigenvalue weighted by molar-refractivity contribution is 9.10. The van der Waals surface area contributed by atoms with E-state index in [1.54, 1.807) is 0 Å². The second-order valence-corrected chi connectivity index (χ2v) is 4.60. The van der Waals surface area contributed by atoms with E-state index in [0.29, 0.717) is 0 Å². The quantitative estimate of drug-likeness (QED) is 0.894. The Hall–Kier alpha value is -0.800. The SMILES string of the molecule is Cc1ccc(C(N)C2=CCCO2)c(Br)c1. The van der Waals surface area contributed by atoms with Crippen LogP contribution in [0.25, 0.3) is 0 Å². The third-order valence-corrected chi connectivity index (χ3v) is 3.22. The summed E-state index contributed by atoms with van der Waals surface area (Å²) in [6.45, 7) is 2.82. The first-order valence-electron chi connectivity index (χ1n) is 5.03. The van der Waals surface area contributed by atoms with Gasteiger partial charge >= 0.3 is 0 Å². The Kier molecular flexibility index (Phi) is 3.12. The van der Waals surface area contributed by atoms with Crippen LogP contribution in [0, 0.1) is 6.92 Å². The van der Waals surface area contributed by atoms with Gasteiger partial charge in [0.15, 0.2) is 0 Å². The summed E-state index contributed by atoms with van der Waals surface area (Å²) >= 11 is 3.53. The van der Waals surface area contributed by atoms with Crippen LogP contribution < -0.4 is 5.73 Å². The maximum absolute atomic E-state index is 6.13. The van der Waals surface area contributed by atoms with Crippen LogP contribution in [-0.4, -0.2) is 6.61 Å². The molecule has 0 saturated heterocycles. The molecule has 1 heterocycles. The summed E-state index contributed by atoms with van der Waals surface area (Å²) in [7, 11) is 0. The van der Waals surface area contributed by atoms with Crippen molar-refractivity contribution in [2.45, 2.75) is 19.4 Å². The Labute approximate surface area is 98.2 Å². The minimum atomic E-state index is -0.150. The summed E-state index contributed by atoms with van der Waals surface area (Å²) in [6.07, 6.45) is 3.03. The molecule has 80 valence electrons. The van der Waals surface area contributed by atoms with E-state index in [1.165, 1.54) is 5.56 Å². The average molecular weight is 268 g/mol. The number of halogens is 1. The first kappa shape index (κ1) is 10.7. The third-order valence-electron chi connectivity index (χ3n) is 2.53. The molecule has 0 radical (unpaired) electrons. The molecule has 0 fully saturated rings. The van der Waals surface area contributed by atoms with Crippen molar-refractivity contribution < 1.29 is 4.74 Å². The molecular weight excluding hydrogens is 254 g/mol. The van der Waals surface area contributed by atoms with Crippen molar-refractivity contribution >= 4 is 15.9 Å². The topological polar surface area (TPSA) is 35.2 Å². The van der Waals surface area contributed by atoms with Crippen molar-refractivity contribution in [3.8, 4) is 0 Å². The molecule has 0 bridgehead atoms. The van der Waals surface area contributed by atoms with Crippen LogP contribution in [0.5, 0.6) is 0 Å². The lowest BCUT2D eigenvalue weighted by molar-refractivity contribution is 0.225. The Morgan fingerprint density at radius 3 is 2.87 bits per heavy atom. The van der Waals surface area contributed by atoms with E-state index in [2.05, 4.69) is 41.1 Å². The molecule has 1 aliphatic heterocycles. The van der Waals surface area contributed by atoms with Gasteiger partial charge < -0.3 is 10.5 Å². The van der Waals surface area contributed by atoms with E-state index < -0.39 is 0 Å². The van der Waals surface area contributed by atoms with Gasteiger partial charge in [0.1, 0.15) is 5.76 Å². The number of aryl methyl sites for hydroxylation is 1. The summed E-state index contributed by atoms with van der Waals surface area (Å²) in [5.74, 6) is 0.888. The molecule has 0 aliphatic carbocycles. The smallest absolute Gasteiger partial charge is 0.113 e. The lowest BCUT2D eigenvalue weighted by atomic mass is 10.0. The first-order valence-corrected chi connectivity index (χ1v) is 5.82. The van der Waals surface area contributed by atoms with Gasteiger partial charge in [-0.1, -0.05) is 28.1 Å². The summed E-state index contributed by atoms with van der Waals surface area (Å²) in [4.78, 5) is 0. The molecule has 1 aromatic rings. The zero-order valence-electron chi connectivity index (χ0n) is 8.66. The molecule has 3 heteroatoms. The molecular formula is C12H14BrNO. The van der Waals surface area contributed by atoms with Crippen LogP contribution in [0.4, 0.5) is 0 Å². The van der Waals surface area contributed by atoms with Crippen molar-refractivity contribution in [2.75, 3.05) is 6.61 Å². The number of nitrogens with two attached hydrogens (primary N) is 1. The number of hydrogen-bond donors (Lipinski definition) is 1. The molecule has 0 amide bonds. The van der Waals surface area contributed by atoms with Crippen LogP contribution in [-0.2, 0) is 4.74 Å². The van der Waals surface area contributed by atoms with Crippen LogP contribution >= 0.6 is 15.9 Å². The predicted octanol–water partition coefficient (Wildman–Crippen LogP) is 3.06. The molecule has 0 aromatic heterocycles. The third kappa shape index (κ3) is 2.24. The Balaban J connectivity index is 2.28. The lowest BCUT2D eigenvalue weighted by Crippen LogP contribution is -2.14. The van der Waals surface area contributed by atoms with Crippen LogP contribution in [0.15, 0.2) is 34.5 Å². The highest BCUT2D eigenvalue weighted by Gasteiger charge is 2.18. The fraction of sp³-hybridized carbons (Fsp3) is 0.333. The van der Waals surface area contributed by atoms with Crippen LogP contribution in [0.1, 0.15) is 23.6 Å². The van der Waals surface area contributed by atoms with E-state index in [9.17, 15) is 0 Å². The van der Waals surface area contributed by atoms with Gasteiger partial charge in [-0.15, -0.1) is 0 Å². The molecule has 2 N–H and O–H groups in total. The van der Waals surface area contributed by atoms with Crippen LogP contribution in [0.3, 0.4) is 0 Å². The first-order chi connectivity index (χ1) is 7.18. The van der Waals surface area contributed by atoms with E-state index >= 15 is 0 Å². The van der Waals surface area contributed by atoms with Gasteiger partial charge in [-0.05, 0) is 30.2 Å². The minimum Gasteiger partial charge on any atom is -0.496 e. The Morgan fingerprint density at radius 2 is 2.27 bits per heavy atom. The number of hydrogen-bond acceptors (Lipinski definition) is 2. The molecule has 1 aliphatic rings. The second-order valence-electron chi connectivity index (χ2n) is 3.75. The highest BCUT2D eigenvalue weighted by atomic mass is 79.9. The molecule has 1 atom stereocenters. The van der Waals surface area contributed by atoms with E-state index in [1.807, 2.05) is 6.07 Å². The normalized spacial score (nSPS) is 17.1. The predicted molar refractivity (Wildman–Crippen MR) is 64.5 cm³/mol. The van der Waals surface area contributed by atoms with E-state index in [4.69, 9.17) is 10.5 Å². The zero-order valence-corrected chi connectivity index (χ0v) is 10.3. The maximum Gasteiger partial charge on any atom is 0.113 e. The maximum atomic E-state index is 6.13. The molecule has 0 saturated carbocycles. The van der Waals surface area contributed by atoms with Gasteiger partial charge in [-0.25, -0.2) is 0 Å². The molecule has 15 heavy (non-hydrogen) atoms. The fourth-order valence-corrected chi connectivity index (χ4v) is 2.43. The molecule has 0 spiro atoms. The monoisotopic (exact) mass is 267 g/mol. The average Bonchev–Trinajstić information content (AvgIpc) is 2.69. The molecule has 1 aromatic carbocycles. The second kappa shape index (κ2) is 4.37. The standard InChI is InChI=1S/C12H14BrNO/c1-8-4-5-9(10(13)7-8)12(14)11-3-2-6-15-11/h3-5,7,12H,2,6,14H2,1H3. The molecule has 2 rings (SSSR count). The van der Waals surface area contributed by atoms with Crippen molar-refractivity contribution in [1.82, 2.24) is 0 Å². The minimum absolute atomic E-state index is 0.150. The van der Waals surface area contributed by atoms with Crippen molar-refractivity contribution in [3.05, 3.63) is 45.6 Å². The van der Waals surface area contributed by atoms with Crippen molar-refractivity contribution in [3.63, 3.8) is 0 Å². The highest BCUT2D eigenvalue weighted by Crippen LogP contribution is 2.30. The summed E-state index contributed by atoms with van der Waals surface area (Å²) in [6, 6.07) is 6.04. The van der Waals surface area contributed by atoms with Gasteiger partial charge in [-0.2, -0.15) is 0 Å². The number of rotatable bonds is 2. The van der Waals surface area contributed by atoms with Gasteiger partial charge in [0.2, 0.25) is 0 Å². The summed E-state index contributed by atoms with van der Waals surface area (Å²) in [5.41, 5.74) is 8.43. The number of ether oxygens (including phenoxy) is 1. The molecule has 1 unspecified atom stereocenters. The van der Waals surface area contributed by atoms with E-state index in [0.717, 1.165) is 28.8 Å². The van der Waals surface area contributed by atoms with Gasteiger partial charge in [0.25, 0.3) is 0 Å². The van der Waals surface area contributed by atoms with Crippen LogP contribution in [0.2, 0.25) is 0 Å². The van der Waals surface area contributed by atoms with Crippen molar-refractivity contribution in [1.29, 1.82) is 0 Å². The number of benzene rings is 1. The fourth-order valence-electron chi connectivity index (χ4n) is 1.69. The summed E-state index contributed by atoms with van der Waals surface area (Å²) in [5, 5.41) is 0. The molecule has 2 nitrogen and oxygen atoms in total.